The van der Waals surface area contributed by atoms with Crippen LogP contribution in [0.1, 0.15) is 42.5 Å². The third kappa shape index (κ3) is 6.19. The molecular weight excluding hydrogens is 372 g/mol. The lowest BCUT2D eigenvalue weighted by molar-refractivity contribution is -0.146. The summed E-state index contributed by atoms with van der Waals surface area (Å²) in [6.07, 6.45) is 3.28. The fourth-order valence-electron chi connectivity index (χ4n) is 3.61. The molecule has 0 radical (unpaired) electrons. The number of carbonyl (C=O) groups excluding carboxylic acids is 3. The van der Waals surface area contributed by atoms with E-state index in [-0.39, 0.29) is 29.7 Å². The third-order valence-corrected chi connectivity index (χ3v) is 5.29. The van der Waals surface area contributed by atoms with E-state index in [2.05, 4.69) is 10.6 Å². The minimum Gasteiger partial charge on any atom is -0.469 e. The summed E-state index contributed by atoms with van der Waals surface area (Å²) in [4.78, 5) is 39.5. The standard InChI is InChI=1S/C21H32N4O4/c1-25(2)15-8-4-7-14(13-15)19(26)24-18(11-6-12-22)20(27)23-17-10-5-9-16(17)21(28)29-3/h4,7-8,13,16-18H,5-6,9-12,22H2,1-3H3,(H,23,27)(H,24,26)/t16-,17+,18+/m1/s1. The van der Waals surface area contributed by atoms with Crippen molar-refractivity contribution in [3.05, 3.63) is 29.8 Å². The molecule has 1 saturated carbocycles. The molecule has 8 nitrogen and oxygen atoms in total. The van der Waals surface area contributed by atoms with E-state index in [1.807, 2.05) is 25.1 Å². The Bertz CT molecular complexity index is 722. The molecule has 0 spiro atoms. The molecule has 2 rings (SSSR count). The van der Waals surface area contributed by atoms with Gasteiger partial charge in [-0.3, -0.25) is 14.4 Å². The Morgan fingerprint density at radius 2 is 2.03 bits per heavy atom. The molecular formula is C21H32N4O4. The van der Waals surface area contributed by atoms with Crippen LogP contribution in [-0.4, -0.2) is 57.6 Å². The largest absolute Gasteiger partial charge is 0.469 e. The summed E-state index contributed by atoms with van der Waals surface area (Å²) in [5.74, 6) is -1.26. The van der Waals surface area contributed by atoms with Gasteiger partial charge < -0.3 is 26.0 Å². The van der Waals surface area contributed by atoms with E-state index in [4.69, 9.17) is 10.5 Å². The highest BCUT2D eigenvalue weighted by atomic mass is 16.5. The molecule has 8 heteroatoms. The predicted molar refractivity (Wildman–Crippen MR) is 112 cm³/mol. The average Bonchev–Trinajstić information content (AvgIpc) is 3.18. The Morgan fingerprint density at radius 1 is 1.28 bits per heavy atom. The van der Waals surface area contributed by atoms with E-state index in [1.165, 1.54) is 7.11 Å². The molecule has 0 bridgehead atoms. The number of ether oxygens (including phenoxy) is 1. The number of carbonyl (C=O) groups is 3. The number of anilines is 1. The minimum absolute atomic E-state index is 0.274. The van der Waals surface area contributed by atoms with Crippen molar-refractivity contribution >= 4 is 23.5 Å². The molecule has 1 aliphatic carbocycles. The first kappa shape index (κ1) is 22.7. The highest BCUT2D eigenvalue weighted by Gasteiger charge is 2.36. The lowest BCUT2D eigenvalue weighted by atomic mass is 10.0. The molecule has 4 N–H and O–H groups in total. The zero-order valence-corrected chi connectivity index (χ0v) is 17.4. The Kier molecular flexibility index (Phi) is 8.45. The van der Waals surface area contributed by atoms with Gasteiger partial charge in [-0.25, -0.2) is 0 Å². The quantitative estimate of drug-likeness (QED) is 0.530. The van der Waals surface area contributed by atoms with Crippen LogP contribution in [0.2, 0.25) is 0 Å². The van der Waals surface area contributed by atoms with Gasteiger partial charge in [0.25, 0.3) is 5.91 Å². The zero-order valence-electron chi connectivity index (χ0n) is 17.4. The van der Waals surface area contributed by atoms with Crippen molar-refractivity contribution in [2.24, 2.45) is 11.7 Å². The Morgan fingerprint density at radius 3 is 2.69 bits per heavy atom. The van der Waals surface area contributed by atoms with Crippen molar-refractivity contribution < 1.29 is 19.1 Å². The summed E-state index contributed by atoms with van der Waals surface area (Å²) in [6.45, 7) is 0.421. The van der Waals surface area contributed by atoms with Crippen molar-refractivity contribution in [3.63, 3.8) is 0 Å². The number of amides is 2. The summed E-state index contributed by atoms with van der Waals surface area (Å²) in [5.41, 5.74) is 6.98. The monoisotopic (exact) mass is 404 g/mol. The molecule has 0 saturated heterocycles. The van der Waals surface area contributed by atoms with Gasteiger partial charge in [0.2, 0.25) is 5.91 Å². The number of nitrogens with one attached hydrogen (secondary N) is 2. The van der Waals surface area contributed by atoms with Gasteiger partial charge in [0, 0.05) is 31.4 Å². The van der Waals surface area contributed by atoms with Gasteiger partial charge in [-0.2, -0.15) is 0 Å². The van der Waals surface area contributed by atoms with E-state index in [9.17, 15) is 14.4 Å². The predicted octanol–water partition coefficient (Wildman–Crippen LogP) is 1.05. The molecule has 1 aromatic rings. The van der Waals surface area contributed by atoms with Crippen molar-refractivity contribution in [2.75, 3.05) is 32.6 Å². The zero-order chi connectivity index (χ0) is 21.4. The van der Waals surface area contributed by atoms with E-state index in [1.54, 1.807) is 18.2 Å². The lowest BCUT2D eigenvalue weighted by Crippen LogP contribution is -2.51. The van der Waals surface area contributed by atoms with Crippen molar-refractivity contribution in [2.45, 2.75) is 44.2 Å². The second-order valence-electron chi connectivity index (χ2n) is 7.58. The molecule has 3 atom stereocenters. The fraction of sp³-hybridized carbons (Fsp3) is 0.571. The molecule has 0 heterocycles. The van der Waals surface area contributed by atoms with Gasteiger partial charge in [-0.15, -0.1) is 0 Å². The second kappa shape index (κ2) is 10.8. The third-order valence-electron chi connectivity index (χ3n) is 5.29. The van der Waals surface area contributed by atoms with E-state index < -0.39 is 6.04 Å². The van der Waals surface area contributed by atoms with Crippen LogP contribution in [0.25, 0.3) is 0 Å². The van der Waals surface area contributed by atoms with Crippen LogP contribution in [0, 0.1) is 5.92 Å². The normalized spacial score (nSPS) is 19.3. The smallest absolute Gasteiger partial charge is 0.310 e. The van der Waals surface area contributed by atoms with Crippen LogP contribution in [0.4, 0.5) is 5.69 Å². The maximum absolute atomic E-state index is 12.9. The molecule has 160 valence electrons. The SMILES string of the molecule is COC(=O)[C@@H]1CCC[C@@H]1NC(=O)[C@H](CCCN)NC(=O)c1cccc(N(C)C)c1. The molecule has 1 aromatic carbocycles. The molecule has 2 amide bonds. The number of hydrogen-bond donors (Lipinski definition) is 3. The fourth-order valence-corrected chi connectivity index (χ4v) is 3.61. The summed E-state index contributed by atoms with van der Waals surface area (Å²) < 4.78 is 4.84. The summed E-state index contributed by atoms with van der Waals surface area (Å²) in [7, 11) is 5.15. The maximum Gasteiger partial charge on any atom is 0.310 e. The molecule has 29 heavy (non-hydrogen) atoms. The van der Waals surface area contributed by atoms with Gasteiger partial charge in [-0.1, -0.05) is 12.5 Å². The molecule has 0 aromatic heterocycles. The minimum atomic E-state index is -0.715. The number of esters is 1. The van der Waals surface area contributed by atoms with Crippen molar-refractivity contribution in [1.82, 2.24) is 10.6 Å². The first-order valence-corrected chi connectivity index (χ1v) is 10.0. The Labute approximate surface area is 172 Å². The number of benzene rings is 1. The van der Waals surface area contributed by atoms with Crippen molar-refractivity contribution in [1.29, 1.82) is 0 Å². The number of rotatable bonds is 9. The lowest BCUT2D eigenvalue weighted by Gasteiger charge is -2.24. The van der Waals surface area contributed by atoms with Gasteiger partial charge in [0.05, 0.1) is 13.0 Å². The van der Waals surface area contributed by atoms with Crippen LogP contribution in [0.15, 0.2) is 24.3 Å². The van der Waals surface area contributed by atoms with Crippen LogP contribution in [0.3, 0.4) is 0 Å². The first-order chi connectivity index (χ1) is 13.9. The average molecular weight is 405 g/mol. The molecule has 1 fully saturated rings. The Balaban J connectivity index is 2.08. The number of methoxy groups -OCH3 is 1. The highest BCUT2D eigenvalue weighted by Crippen LogP contribution is 2.27. The van der Waals surface area contributed by atoms with Gasteiger partial charge in [0.15, 0.2) is 0 Å². The topological polar surface area (TPSA) is 114 Å². The van der Waals surface area contributed by atoms with Crippen LogP contribution < -0.4 is 21.3 Å². The molecule has 0 aliphatic heterocycles. The number of nitrogens with two attached hydrogens (primary N) is 1. The Hall–Kier alpha value is -2.61. The maximum atomic E-state index is 12.9. The highest BCUT2D eigenvalue weighted by molar-refractivity contribution is 5.98. The van der Waals surface area contributed by atoms with E-state index in [0.29, 0.717) is 37.8 Å². The van der Waals surface area contributed by atoms with Gasteiger partial charge in [-0.05, 0) is 50.4 Å². The number of hydrogen-bond acceptors (Lipinski definition) is 6. The summed E-state index contributed by atoms with van der Waals surface area (Å²) in [5, 5.41) is 5.76. The van der Waals surface area contributed by atoms with Crippen LogP contribution in [0.5, 0.6) is 0 Å². The number of nitrogens with zero attached hydrogens (tertiary/aromatic N) is 1. The summed E-state index contributed by atoms with van der Waals surface area (Å²) in [6, 6.07) is 6.21. The van der Waals surface area contributed by atoms with Gasteiger partial charge in [0.1, 0.15) is 6.04 Å². The molecule has 1 aliphatic rings. The van der Waals surface area contributed by atoms with E-state index in [0.717, 1.165) is 12.1 Å². The first-order valence-electron chi connectivity index (χ1n) is 10.0. The van der Waals surface area contributed by atoms with Crippen LogP contribution >= 0.6 is 0 Å². The summed E-state index contributed by atoms with van der Waals surface area (Å²) >= 11 is 0. The van der Waals surface area contributed by atoms with Crippen LogP contribution in [-0.2, 0) is 14.3 Å². The van der Waals surface area contributed by atoms with E-state index >= 15 is 0 Å². The second-order valence-corrected chi connectivity index (χ2v) is 7.58. The van der Waals surface area contributed by atoms with Gasteiger partial charge >= 0.3 is 5.97 Å². The molecule has 0 unspecified atom stereocenters. The van der Waals surface area contributed by atoms with Crippen molar-refractivity contribution in [3.8, 4) is 0 Å².